The van der Waals surface area contributed by atoms with Gasteiger partial charge < -0.3 is 4.42 Å². The highest BCUT2D eigenvalue weighted by atomic mass is 79.9. The standard InChI is InChI=1S/C13H9BrN2O2/c1-16-7-9(6-15-16)13(17)12-5-8-4-10(14)2-3-11(8)18-12/h2-7H,1H3. The topological polar surface area (TPSA) is 48.0 Å². The number of halogens is 1. The molecule has 0 unspecified atom stereocenters. The Morgan fingerprint density at radius 2 is 2.22 bits per heavy atom. The summed E-state index contributed by atoms with van der Waals surface area (Å²) in [7, 11) is 1.77. The summed E-state index contributed by atoms with van der Waals surface area (Å²) in [5.41, 5.74) is 1.22. The molecule has 18 heavy (non-hydrogen) atoms. The average Bonchev–Trinajstić information content (AvgIpc) is 2.93. The second-order valence-electron chi connectivity index (χ2n) is 4.02. The van der Waals surface area contributed by atoms with E-state index in [-0.39, 0.29) is 5.78 Å². The first-order valence-corrected chi connectivity index (χ1v) is 6.15. The van der Waals surface area contributed by atoms with Crippen molar-refractivity contribution < 1.29 is 9.21 Å². The van der Waals surface area contributed by atoms with Crippen molar-refractivity contribution in [3.8, 4) is 0 Å². The number of hydrogen-bond donors (Lipinski definition) is 0. The first kappa shape index (κ1) is 11.2. The molecule has 0 bridgehead atoms. The van der Waals surface area contributed by atoms with Crippen molar-refractivity contribution in [2.45, 2.75) is 0 Å². The number of carbonyl (C=O) groups is 1. The van der Waals surface area contributed by atoms with Crippen LogP contribution < -0.4 is 0 Å². The maximum atomic E-state index is 12.2. The Morgan fingerprint density at radius 1 is 1.39 bits per heavy atom. The number of fused-ring (bicyclic) bond motifs is 1. The largest absolute Gasteiger partial charge is 0.453 e. The van der Waals surface area contributed by atoms with Crippen LogP contribution in [-0.4, -0.2) is 15.6 Å². The van der Waals surface area contributed by atoms with Crippen molar-refractivity contribution in [2.24, 2.45) is 7.05 Å². The van der Waals surface area contributed by atoms with E-state index in [1.807, 2.05) is 18.2 Å². The Hall–Kier alpha value is -1.88. The van der Waals surface area contributed by atoms with Crippen molar-refractivity contribution >= 4 is 32.7 Å². The van der Waals surface area contributed by atoms with E-state index in [0.717, 1.165) is 9.86 Å². The molecule has 90 valence electrons. The van der Waals surface area contributed by atoms with E-state index in [2.05, 4.69) is 21.0 Å². The highest BCUT2D eigenvalue weighted by Crippen LogP contribution is 2.24. The fourth-order valence-electron chi connectivity index (χ4n) is 1.81. The molecule has 0 fully saturated rings. The number of furan rings is 1. The van der Waals surface area contributed by atoms with Crippen LogP contribution in [0.3, 0.4) is 0 Å². The molecule has 0 radical (unpaired) electrons. The van der Waals surface area contributed by atoms with Crippen LogP contribution in [0.2, 0.25) is 0 Å². The summed E-state index contributed by atoms with van der Waals surface area (Å²) in [5, 5.41) is 4.88. The van der Waals surface area contributed by atoms with Crippen molar-refractivity contribution in [2.75, 3.05) is 0 Å². The molecule has 2 aromatic heterocycles. The number of hydrogen-bond acceptors (Lipinski definition) is 3. The van der Waals surface area contributed by atoms with Gasteiger partial charge in [0.1, 0.15) is 5.58 Å². The van der Waals surface area contributed by atoms with Gasteiger partial charge >= 0.3 is 0 Å². The third-order valence-corrected chi connectivity index (χ3v) is 3.16. The van der Waals surface area contributed by atoms with Crippen molar-refractivity contribution in [1.29, 1.82) is 0 Å². The van der Waals surface area contributed by atoms with Gasteiger partial charge in [-0.25, -0.2) is 0 Å². The minimum atomic E-state index is -0.157. The first-order chi connectivity index (χ1) is 8.63. The molecule has 2 heterocycles. The molecule has 0 atom stereocenters. The van der Waals surface area contributed by atoms with E-state index in [0.29, 0.717) is 16.9 Å². The number of benzene rings is 1. The van der Waals surface area contributed by atoms with Gasteiger partial charge in [-0.2, -0.15) is 5.10 Å². The van der Waals surface area contributed by atoms with Crippen LogP contribution >= 0.6 is 15.9 Å². The number of aromatic nitrogens is 2. The van der Waals surface area contributed by atoms with E-state index in [1.165, 1.54) is 6.20 Å². The molecule has 3 rings (SSSR count). The minimum absolute atomic E-state index is 0.157. The summed E-state index contributed by atoms with van der Waals surface area (Å²) in [4.78, 5) is 12.2. The Morgan fingerprint density at radius 3 is 2.94 bits per heavy atom. The molecule has 0 amide bonds. The molecule has 0 aliphatic heterocycles. The Labute approximate surface area is 111 Å². The van der Waals surface area contributed by atoms with Gasteiger partial charge in [-0.3, -0.25) is 9.48 Å². The normalized spacial score (nSPS) is 11.0. The first-order valence-electron chi connectivity index (χ1n) is 5.36. The van der Waals surface area contributed by atoms with Crippen LogP contribution in [0.4, 0.5) is 0 Å². The van der Waals surface area contributed by atoms with E-state index in [9.17, 15) is 4.79 Å². The number of carbonyl (C=O) groups excluding carboxylic acids is 1. The zero-order chi connectivity index (χ0) is 12.7. The summed E-state index contributed by atoms with van der Waals surface area (Å²) in [6.07, 6.45) is 3.21. The average molecular weight is 305 g/mol. The van der Waals surface area contributed by atoms with E-state index < -0.39 is 0 Å². The van der Waals surface area contributed by atoms with Crippen LogP contribution in [-0.2, 0) is 7.05 Å². The fourth-order valence-corrected chi connectivity index (χ4v) is 2.19. The lowest BCUT2D eigenvalue weighted by Gasteiger charge is -1.90. The summed E-state index contributed by atoms with van der Waals surface area (Å²) in [6, 6.07) is 7.37. The zero-order valence-corrected chi connectivity index (χ0v) is 11.1. The highest BCUT2D eigenvalue weighted by Gasteiger charge is 2.16. The Balaban J connectivity index is 2.06. The monoisotopic (exact) mass is 304 g/mol. The Kier molecular flexibility index (Phi) is 2.56. The number of nitrogens with zero attached hydrogens (tertiary/aromatic N) is 2. The van der Waals surface area contributed by atoms with Crippen molar-refractivity contribution in [3.05, 3.63) is 52.5 Å². The molecule has 0 saturated heterocycles. The Bertz CT molecular complexity index is 742. The summed E-state index contributed by atoms with van der Waals surface area (Å²) < 4.78 is 8.09. The van der Waals surface area contributed by atoms with Gasteiger partial charge in [0, 0.05) is 23.1 Å². The highest BCUT2D eigenvalue weighted by molar-refractivity contribution is 9.10. The predicted molar refractivity (Wildman–Crippen MR) is 70.6 cm³/mol. The van der Waals surface area contributed by atoms with Crippen LogP contribution in [0, 0.1) is 0 Å². The molecule has 0 spiro atoms. The van der Waals surface area contributed by atoms with Crippen molar-refractivity contribution in [3.63, 3.8) is 0 Å². The molecule has 1 aromatic carbocycles. The molecular weight excluding hydrogens is 296 g/mol. The van der Waals surface area contributed by atoms with Gasteiger partial charge in [0.05, 0.1) is 11.8 Å². The van der Waals surface area contributed by atoms with Crippen LogP contribution in [0.25, 0.3) is 11.0 Å². The SMILES string of the molecule is Cn1cc(C(=O)c2cc3cc(Br)ccc3o2)cn1. The molecule has 0 saturated carbocycles. The van der Waals surface area contributed by atoms with Gasteiger partial charge in [-0.05, 0) is 24.3 Å². The maximum absolute atomic E-state index is 12.2. The quantitative estimate of drug-likeness (QED) is 0.683. The summed E-state index contributed by atoms with van der Waals surface area (Å²) in [6.45, 7) is 0. The lowest BCUT2D eigenvalue weighted by atomic mass is 10.2. The smallest absolute Gasteiger partial charge is 0.231 e. The van der Waals surface area contributed by atoms with E-state index in [1.54, 1.807) is 24.0 Å². The molecule has 0 N–H and O–H groups in total. The second kappa shape index (κ2) is 4.10. The molecular formula is C13H9BrN2O2. The van der Waals surface area contributed by atoms with Gasteiger partial charge in [-0.15, -0.1) is 0 Å². The molecule has 0 aliphatic carbocycles. The van der Waals surface area contributed by atoms with Gasteiger partial charge in [-0.1, -0.05) is 15.9 Å². The summed E-state index contributed by atoms with van der Waals surface area (Å²) in [5.74, 6) is 0.173. The second-order valence-corrected chi connectivity index (χ2v) is 4.94. The lowest BCUT2D eigenvalue weighted by Crippen LogP contribution is -1.97. The molecule has 4 nitrogen and oxygen atoms in total. The number of ketones is 1. The van der Waals surface area contributed by atoms with Crippen LogP contribution in [0.1, 0.15) is 16.1 Å². The maximum Gasteiger partial charge on any atom is 0.231 e. The van der Waals surface area contributed by atoms with Gasteiger partial charge in [0.25, 0.3) is 0 Å². The summed E-state index contributed by atoms with van der Waals surface area (Å²) >= 11 is 3.39. The van der Waals surface area contributed by atoms with Gasteiger partial charge in [0.2, 0.25) is 5.78 Å². The number of rotatable bonds is 2. The third kappa shape index (κ3) is 1.86. The minimum Gasteiger partial charge on any atom is -0.453 e. The molecule has 0 aliphatic rings. The van der Waals surface area contributed by atoms with Crippen LogP contribution in [0.15, 0.2) is 45.5 Å². The van der Waals surface area contributed by atoms with E-state index in [4.69, 9.17) is 4.42 Å². The van der Waals surface area contributed by atoms with E-state index >= 15 is 0 Å². The van der Waals surface area contributed by atoms with Crippen LogP contribution in [0.5, 0.6) is 0 Å². The van der Waals surface area contributed by atoms with Crippen molar-refractivity contribution in [1.82, 2.24) is 9.78 Å². The predicted octanol–water partition coefficient (Wildman–Crippen LogP) is 3.16. The molecule has 3 aromatic rings. The lowest BCUT2D eigenvalue weighted by molar-refractivity contribution is 0.101. The fraction of sp³-hybridized carbons (Fsp3) is 0.0769. The third-order valence-electron chi connectivity index (χ3n) is 2.67. The molecule has 5 heteroatoms. The number of aryl methyl sites for hydroxylation is 1. The van der Waals surface area contributed by atoms with Gasteiger partial charge in [0.15, 0.2) is 5.76 Å². The zero-order valence-electron chi connectivity index (χ0n) is 9.55.